The van der Waals surface area contributed by atoms with Crippen molar-refractivity contribution in [2.75, 3.05) is 0 Å². The van der Waals surface area contributed by atoms with Crippen molar-refractivity contribution >= 4 is 11.6 Å². The summed E-state index contributed by atoms with van der Waals surface area (Å²) in [6.07, 6.45) is 6.52. The number of hydrogen-bond donors (Lipinski definition) is 1. The Labute approximate surface area is 86.2 Å². The Morgan fingerprint density at radius 2 is 2.08 bits per heavy atom. The fourth-order valence-corrected chi connectivity index (χ4v) is 2.57. The molecule has 1 nitrogen and oxygen atoms in total. The summed E-state index contributed by atoms with van der Waals surface area (Å²) in [5.41, 5.74) is 0. The molecule has 0 amide bonds. The Balaban J connectivity index is 1.83. The molecule has 0 bridgehead atoms. The van der Waals surface area contributed by atoms with Crippen molar-refractivity contribution < 1.29 is 0 Å². The van der Waals surface area contributed by atoms with E-state index in [1.54, 1.807) is 0 Å². The smallest absolute Gasteiger partial charge is 0.0598 e. The predicted octanol–water partition coefficient (Wildman–Crippen LogP) is 2.92. The highest BCUT2D eigenvalue weighted by Crippen LogP contribution is 2.46. The zero-order valence-electron chi connectivity index (χ0n) is 8.65. The minimum atomic E-state index is 0.113. The Kier molecular flexibility index (Phi) is 2.59. The van der Waals surface area contributed by atoms with E-state index >= 15 is 0 Å². The van der Waals surface area contributed by atoms with Crippen LogP contribution < -0.4 is 5.32 Å². The molecule has 3 unspecified atom stereocenters. The van der Waals surface area contributed by atoms with Gasteiger partial charge < -0.3 is 5.32 Å². The van der Waals surface area contributed by atoms with Gasteiger partial charge in [-0.05, 0) is 38.5 Å². The van der Waals surface area contributed by atoms with Crippen molar-refractivity contribution in [3.05, 3.63) is 0 Å². The van der Waals surface area contributed by atoms with E-state index in [1.807, 2.05) is 0 Å². The largest absolute Gasteiger partial charge is 0.309 e. The molecule has 0 spiro atoms. The van der Waals surface area contributed by atoms with E-state index in [0.29, 0.717) is 6.04 Å². The van der Waals surface area contributed by atoms with Crippen molar-refractivity contribution in [2.45, 2.75) is 62.9 Å². The minimum absolute atomic E-state index is 0.113. The maximum Gasteiger partial charge on any atom is 0.0598 e. The molecule has 2 saturated carbocycles. The third-order valence-corrected chi connectivity index (χ3v) is 4.53. The van der Waals surface area contributed by atoms with E-state index < -0.39 is 0 Å². The van der Waals surface area contributed by atoms with Crippen LogP contribution in [-0.4, -0.2) is 17.0 Å². The number of hydrogen-bond acceptors (Lipinski definition) is 1. The van der Waals surface area contributed by atoms with Crippen LogP contribution in [0.3, 0.4) is 0 Å². The van der Waals surface area contributed by atoms with Gasteiger partial charge in [0.05, 0.1) is 4.87 Å². The van der Waals surface area contributed by atoms with Gasteiger partial charge >= 0.3 is 0 Å². The van der Waals surface area contributed by atoms with Crippen LogP contribution in [0.25, 0.3) is 0 Å². The lowest BCUT2D eigenvalue weighted by Crippen LogP contribution is -2.43. The third-order valence-electron chi connectivity index (χ3n) is 3.83. The fourth-order valence-electron chi connectivity index (χ4n) is 2.42. The second kappa shape index (κ2) is 3.43. The van der Waals surface area contributed by atoms with Gasteiger partial charge in [0.1, 0.15) is 0 Å². The summed E-state index contributed by atoms with van der Waals surface area (Å²) >= 11 is 6.36. The van der Waals surface area contributed by atoms with Gasteiger partial charge in [0.2, 0.25) is 0 Å². The lowest BCUT2D eigenvalue weighted by molar-refractivity contribution is 0.371. The van der Waals surface area contributed by atoms with Crippen molar-refractivity contribution in [2.24, 2.45) is 5.92 Å². The maximum atomic E-state index is 6.36. The number of rotatable bonds is 3. The molecule has 2 rings (SSSR count). The summed E-state index contributed by atoms with van der Waals surface area (Å²) in [4.78, 5) is 0.113. The molecular weight excluding hydrogens is 182 g/mol. The standard InChI is InChI=1S/C11H20ClN/c1-8-4-3-5-10(8)13-9(2)11(12)6-7-11/h8-10,13H,3-7H2,1-2H3. The Hall–Kier alpha value is 0.250. The van der Waals surface area contributed by atoms with Crippen molar-refractivity contribution in [3.8, 4) is 0 Å². The van der Waals surface area contributed by atoms with Gasteiger partial charge in [-0.2, -0.15) is 0 Å². The number of halogens is 1. The quantitative estimate of drug-likeness (QED) is 0.693. The Morgan fingerprint density at radius 3 is 2.54 bits per heavy atom. The maximum absolute atomic E-state index is 6.36. The van der Waals surface area contributed by atoms with Crippen LogP contribution in [0.5, 0.6) is 0 Å². The normalized spacial score (nSPS) is 39.0. The number of nitrogens with one attached hydrogen (secondary N) is 1. The highest BCUT2D eigenvalue weighted by molar-refractivity contribution is 6.26. The predicted molar refractivity (Wildman–Crippen MR) is 57.2 cm³/mol. The molecule has 2 heteroatoms. The molecule has 2 aliphatic carbocycles. The van der Waals surface area contributed by atoms with E-state index in [0.717, 1.165) is 12.0 Å². The van der Waals surface area contributed by atoms with E-state index in [-0.39, 0.29) is 4.87 Å². The second-order valence-corrected chi connectivity index (χ2v) is 5.69. The summed E-state index contributed by atoms with van der Waals surface area (Å²) in [5.74, 6) is 0.849. The zero-order chi connectivity index (χ0) is 9.47. The van der Waals surface area contributed by atoms with Crippen molar-refractivity contribution in [1.29, 1.82) is 0 Å². The Bertz CT molecular complexity index is 189. The highest BCUT2D eigenvalue weighted by Gasteiger charge is 2.46. The molecule has 2 fully saturated rings. The number of alkyl halides is 1. The highest BCUT2D eigenvalue weighted by atomic mass is 35.5. The zero-order valence-corrected chi connectivity index (χ0v) is 9.40. The third kappa shape index (κ3) is 2.02. The van der Waals surface area contributed by atoms with Crippen LogP contribution in [0.4, 0.5) is 0 Å². The fraction of sp³-hybridized carbons (Fsp3) is 1.00. The van der Waals surface area contributed by atoms with Gasteiger partial charge in [0.25, 0.3) is 0 Å². The van der Waals surface area contributed by atoms with Crippen molar-refractivity contribution in [1.82, 2.24) is 5.32 Å². The average Bonchev–Trinajstić information content (AvgIpc) is 2.72. The monoisotopic (exact) mass is 201 g/mol. The minimum Gasteiger partial charge on any atom is -0.309 e. The summed E-state index contributed by atoms with van der Waals surface area (Å²) in [6, 6.07) is 1.23. The first-order valence-corrected chi connectivity index (χ1v) is 5.94. The molecule has 0 aliphatic heterocycles. The molecule has 0 saturated heterocycles. The Morgan fingerprint density at radius 1 is 1.38 bits per heavy atom. The molecular formula is C11H20ClN. The van der Waals surface area contributed by atoms with Crippen LogP contribution in [0.1, 0.15) is 46.0 Å². The molecule has 13 heavy (non-hydrogen) atoms. The van der Waals surface area contributed by atoms with E-state index in [2.05, 4.69) is 19.2 Å². The first kappa shape index (κ1) is 9.79. The van der Waals surface area contributed by atoms with Crippen LogP contribution in [0, 0.1) is 5.92 Å². The van der Waals surface area contributed by atoms with Crippen LogP contribution >= 0.6 is 11.6 Å². The van der Waals surface area contributed by atoms with Crippen molar-refractivity contribution in [3.63, 3.8) is 0 Å². The van der Waals surface area contributed by atoms with E-state index in [4.69, 9.17) is 11.6 Å². The topological polar surface area (TPSA) is 12.0 Å². The van der Waals surface area contributed by atoms with Gasteiger partial charge in [0, 0.05) is 12.1 Å². The molecule has 2 aliphatic rings. The van der Waals surface area contributed by atoms with Gasteiger partial charge in [-0.25, -0.2) is 0 Å². The van der Waals surface area contributed by atoms with Crippen LogP contribution in [0.15, 0.2) is 0 Å². The van der Waals surface area contributed by atoms with Gasteiger partial charge in [0.15, 0.2) is 0 Å². The second-order valence-electron chi connectivity index (χ2n) is 4.94. The molecule has 0 heterocycles. The molecule has 0 aromatic carbocycles. The molecule has 0 aromatic rings. The first-order valence-electron chi connectivity index (χ1n) is 5.57. The summed E-state index contributed by atoms with van der Waals surface area (Å²) in [6.45, 7) is 4.59. The van der Waals surface area contributed by atoms with Gasteiger partial charge in [-0.15, -0.1) is 11.6 Å². The average molecular weight is 202 g/mol. The lowest BCUT2D eigenvalue weighted by Gasteiger charge is -2.25. The van der Waals surface area contributed by atoms with Gasteiger partial charge in [-0.3, -0.25) is 0 Å². The SMILES string of the molecule is CC1CCCC1NC(C)C1(Cl)CC1. The van der Waals surface area contributed by atoms with E-state index in [1.165, 1.54) is 32.1 Å². The molecule has 76 valence electrons. The molecule has 0 aromatic heterocycles. The van der Waals surface area contributed by atoms with E-state index in [9.17, 15) is 0 Å². The van der Waals surface area contributed by atoms with Gasteiger partial charge in [-0.1, -0.05) is 13.3 Å². The molecule has 1 N–H and O–H groups in total. The van der Waals surface area contributed by atoms with Crippen LogP contribution in [-0.2, 0) is 0 Å². The first-order chi connectivity index (χ1) is 6.12. The molecule has 0 radical (unpaired) electrons. The lowest BCUT2D eigenvalue weighted by atomic mass is 10.0. The van der Waals surface area contributed by atoms with Crippen LogP contribution in [0.2, 0.25) is 0 Å². The summed E-state index contributed by atoms with van der Waals surface area (Å²) in [5, 5.41) is 3.70. The summed E-state index contributed by atoms with van der Waals surface area (Å²) < 4.78 is 0. The molecule has 3 atom stereocenters. The summed E-state index contributed by atoms with van der Waals surface area (Å²) in [7, 11) is 0.